The number of likely N-dealkylation sites (tertiary alicyclic amines) is 1. The molecule has 0 spiro atoms. The first-order valence-electron chi connectivity index (χ1n) is 12.6. The number of amides is 1. The van der Waals surface area contributed by atoms with E-state index in [9.17, 15) is 14.7 Å². The van der Waals surface area contributed by atoms with Crippen molar-refractivity contribution in [2.45, 2.75) is 39.3 Å². The monoisotopic (exact) mass is 503 g/mol. The highest BCUT2D eigenvalue weighted by molar-refractivity contribution is 6.46. The van der Waals surface area contributed by atoms with Gasteiger partial charge in [0.25, 0.3) is 11.7 Å². The first-order chi connectivity index (χ1) is 17.9. The second kappa shape index (κ2) is 11.5. The van der Waals surface area contributed by atoms with Crippen LogP contribution in [-0.4, -0.2) is 54.7 Å². The van der Waals surface area contributed by atoms with Crippen molar-refractivity contribution in [3.63, 3.8) is 0 Å². The summed E-state index contributed by atoms with van der Waals surface area (Å²) in [6.45, 7) is 6.93. The lowest BCUT2D eigenvalue weighted by molar-refractivity contribution is -0.140. The summed E-state index contributed by atoms with van der Waals surface area (Å²) in [5, 5.41) is 13.3. The lowest BCUT2D eigenvalue weighted by Crippen LogP contribution is -2.31. The molecule has 37 heavy (non-hydrogen) atoms. The zero-order valence-corrected chi connectivity index (χ0v) is 21.7. The van der Waals surface area contributed by atoms with Crippen molar-refractivity contribution < 1.29 is 28.9 Å². The van der Waals surface area contributed by atoms with Crippen molar-refractivity contribution in [1.82, 2.24) is 4.90 Å². The normalized spacial score (nSPS) is 17.1. The van der Waals surface area contributed by atoms with Crippen LogP contribution < -0.4 is 9.47 Å². The maximum absolute atomic E-state index is 13.4. The molecule has 3 aromatic carbocycles. The fourth-order valence-corrected chi connectivity index (χ4v) is 4.72. The van der Waals surface area contributed by atoms with Crippen molar-refractivity contribution in [3.8, 4) is 11.5 Å². The Kier molecular flexibility index (Phi) is 8.14. The second-order valence-electron chi connectivity index (χ2n) is 9.14. The maximum Gasteiger partial charge on any atom is 0.295 e. The molecule has 1 N–H and O–H groups in total. The number of ether oxygens (including phenoxy) is 3. The van der Waals surface area contributed by atoms with Gasteiger partial charge in [-0.1, -0.05) is 48.5 Å². The summed E-state index contributed by atoms with van der Waals surface area (Å²) >= 11 is 0. The van der Waals surface area contributed by atoms with E-state index in [1.807, 2.05) is 57.2 Å². The summed E-state index contributed by atoms with van der Waals surface area (Å²) in [6.07, 6.45) is 0.609. The molecule has 1 aliphatic rings. The number of methoxy groups -OCH3 is 1. The Hall–Kier alpha value is -3.84. The van der Waals surface area contributed by atoms with E-state index >= 15 is 0 Å². The average Bonchev–Trinajstić information content (AvgIpc) is 3.15. The average molecular weight is 504 g/mol. The first-order valence-corrected chi connectivity index (χ1v) is 12.6. The van der Waals surface area contributed by atoms with Gasteiger partial charge in [0, 0.05) is 18.7 Å². The number of Topliss-reactive ketones (excluding diaryl/α,β-unsaturated/α-hetero) is 1. The number of hydrogen-bond acceptors (Lipinski definition) is 6. The molecule has 0 bridgehead atoms. The Labute approximate surface area is 217 Å². The van der Waals surface area contributed by atoms with Crippen molar-refractivity contribution in [1.29, 1.82) is 0 Å². The second-order valence-corrected chi connectivity index (χ2v) is 9.14. The molecule has 7 heteroatoms. The molecule has 1 unspecified atom stereocenters. The molecule has 0 saturated carbocycles. The third-order valence-electron chi connectivity index (χ3n) is 6.38. The minimum atomic E-state index is -0.789. The number of hydrogen-bond donors (Lipinski definition) is 1. The molecule has 1 amide bonds. The van der Waals surface area contributed by atoms with Gasteiger partial charge in [0.2, 0.25) is 0 Å². The molecular formula is C30H33NO6. The van der Waals surface area contributed by atoms with E-state index < -0.39 is 17.7 Å². The Morgan fingerprint density at radius 2 is 1.78 bits per heavy atom. The predicted molar refractivity (Wildman–Crippen MR) is 143 cm³/mol. The molecule has 1 saturated heterocycles. The molecule has 1 fully saturated rings. The van der Waals surface area contributed by atoms with Crippen LogP contribution in [0.25, 0.3) is 16.5 Å². The molecule has 7 nitrogen and oxygen atoms in total. The fourth-order valence-electron chi connectivity index (χ4n) is 4.72. The molecular weight excluding hydrogens is 470 g/mol. The number of benzene rings is 3. The van der Waals surface area contributed by atoms with Crippen molar-refractivity contribution >= 4 is 28.2 Å². The van der Waals surface area contributed by atoms with E-state index in [4.69, 9.17) is 14.2 Å². The fraction of sp³-hybridized carbons (Fsp3) is 0.333. The van der Waals surface area contributed by atoms with E-state index in [0.29, 0.717) is 48.8 Å². The van der Waals surface area contributed by atoms with Gasteiger partial charge < -0.3 is 24.2 Å². The third-order valence-corrected chi connectivity index (χ3v) is 6.38. The highest BCUT2D eigenvalue weighted by atomic mass is 16.5. The molecule has 0 radical (unpaired) electrons. The number of aliphatic hydroxyl groups is 1. The topological polar surface area (TPSA) is 85.3 Å². The number of carbonyl (C=O) groups is 2. The van der Waals surface area contributed by atoms with Crippen LogP contribution >= 0.6 is 0 Å². The molecule has 1 atom stereocenters. The molecule has 4 rings (SSSR count). The van der Waals surface area contributed by atoms with E-state index in [-0.39, 0.29) is 17.4 Å². The van der Waals surface area contributed by atoms with Crippen LogP contribution in [0, 0.1) is 0 Å². The maximum atomic E-state index is 13.4. The summed E-state index contributed by atoms with van der Waals surface area (Å²) in [6, 6.07) is 17.7. The zero-order valence-electron chi connectivity index (χ0n) is 21.7. The largest absolute Gasteiger partial charge is 0.507 e. The van der Waals surface area contributed by atoms with Crippen LogP contribution in [0.15, 0.2) is 66.2 Å². The molecule has 1 heterocycles. The summed E-state index contributed by atoms with van der Waals surface area (Å²) in [4.78, 5) is 28.2. The number of aliphatic hydroxyl groups excluding tert-OH is 1. The molecule has 1 aliphatic heterocycles. The van der Waals surface area contributed by atoms with Crippen molar-refractivity contribution in [2.75, 3.05) is 26.9 Å². The summed E-state index contributed by atoms with van der Waals surface area (Å²) in [5.74, 6) is -0.516. The van der Waals surface area contributed by atoms with Gasteiger partial charge in [-0.3, -0.25) is 9.59 Å². The van der Waals surface area contributed by atoms with E-state index in [1.54, 1.807) is 31.4 Å². The van der Waals surface area contributed by atoms with Crippen molar-refractivity contribution in [3.05, 3.63) is 77.4 Å². The first kappa shape index (κ1) is 26.2. The Morgan fingerprint density at radius 3 is 2.51 bits per heavy atom. The SMILES string of the molecule is CCOc1cc(C2/C(=C(\O)c3cccc4ccccc34)C(=O)C(=O)N2CCCOC(C)C)ccc1OC. The van der Waals surface area contributed by atoms with Gasteiger partial charge in [-0.05, 0) is 55.7 Å². The Balaban J connectivity index is 1.86. The molecule has 194 valence electrons. The minimum Gasteiger partial charge on any atom is -0.507 e. The van der Waals surface area contributed by atoms with Crippen LogP contribution in [0.2, 0.25) is 0 Å². The van der Waals surface area contributed by atoms with Gasteiger partial charge in [0.1, 0.15) is 5.76 Å². The molecule has 0 aromatic heterocycles. The third kappa shape index (κ3) is 5.32. The molecule has 3 aromatic rings. The number of ketones is 1. The smallest absolute Gasteiger partial charge is 0.295 e. The van der Waals surface area contributed by atoms with E-state index in [2.05, 4.69) is 0 Å². The number of fused-ring (bicyclic) bond motifs is 1. The van der Waals surface area contributed by atoms with E-state index in [0.717, 1.165) is 10.8 Å². The predicted octanol–water partition coefficient (Wildman–Crippen LogP) is 5.48. The standard InChI is InChI=1S/C30H33NO6/c1-5-36-25-18-21(14-15-24(25)35-4)27-26(29(33)30(34)31(27)16-9-17-37-19(2)3)28(32)23-13-8-11-20-10-6-7-12-22(20)23/h6-8,10-15,18-19,27,32H,5,9,16-17H2,1-4H3/b28-26+. The lowest BCUT2D eigenvalue weighted by atomic mass is 9.93. The Morgan fingerprint density at radius 1 is 1.03 bits per heavy atom. The van der Waals surface area contributed by atoms with Gasteiger partial charge in [0.15, 0.2) is 11.5 Å². The van der Waals surface area contributed by atoms with Gasteiger partial charge in [-0.25, -0.2) is 0 Å². The van der Waals surface area contributed by atoms with Crippen LogP contribution in [0.5, 0.6) is 11.5 Å². The van der Waals surface area contributed by atoms with Gasteiger partial charge >= 0.3 is 0 Å². The van der Waals surface area contributed by atoms with Gasteiger partial charge in [-0.2, -0.15) is 0 Å². The van der Waals surface area contributed by atoms with Crippen LogP contribution in [0.1, 0.15) is 44.4 Å². The zero-order chi connectivity index (χ0) is 26.5. The number of carbonyl (C=O) groups excluding carboxylic acids is 2. The highest BCUT2D eigenvalue weighted by Crippen LogP contribution is 2.42. The number of nitrogens with zero attached hydrogens (tertiary/aromatic N) is 1. The highest BCUT2D eigenvalue weighted by Gasteiger charge is 2.46. The van der Waals surface area contributed by atoms with Crippen LogP contribution in [0.4, 0.5) is 0 Å². The van der Waals surface area contributed by atoms with Gasteiger partial charge in [0.05, 0.1) is 31.4 Å². The Bertz CT molecular complexity index is 1320. The van der Waals surface area contributed by atoms with Crippen LogP contribution in [-0.2, 0) is 14.3 Å². The number of rotatable bonds is 10. The van der Waals surface area contributed by atoms with Crippen molar-refractivity contribution in [2.24, 2.45) is 0 Å². The minimum absolute atomic E-state index is 0.0544. The molecule has 0 aliphatic carbocycles. The van der Waals surface area contributed by atoms with Gasteiger partial charge in [-0.15, -0.1) is 0 Å². The van der Waals surface area contributed by atoms with Crippen LogP contribution in [0.3, 0.4) is 0 Å². The lowest BCUT2D eigenvalue weighted by Gasteiger charge is -2.26. The summed E-state index contributed by atoms with van der Waals surface area (Å²) < 4.78 is 16.9. The van der Waals surface area contributed by atoms with E-state index in [1.165, 1.54) is 4.90 Å². The summed E-state index contributed by atoms with van der Waals surface area (Å²) in [7, 11) is 1.55. The quantitative estimate of drug-likeness (QED) is 0.171. The summed E-state index contributed by atoms with van der Waals surface area (Å²) in [5.41, 5.74) is 1.21.